The van der Waals surface area contributed by atoms with Crippen LogP contribution >= 0.6 is 35.0 Å². The van der Waals surface area contributed by atoms with Crippen molar-refractivity contribution in [1.29, 1.82) is 0 Å². The van der Waals surface area contributed by atoms with Crippen molar-refractivity contribution in [3.8, 4) is 0 Å². The first-order valence-electron chi connectivity index (χ1n) is 11.8. The van der Waals surface area contributed by atoms with Crippen LogP contribution in [0.2, 0.25) is 10.0 Å². The molecule has 0 unspecified atom stereocenters. The van der Waals surface area contributed by atoms with Gasteiger partial charge in [0.15, 0.2) is 0 Å². The molecule has 0 heterocycles. The fraction of sp³-hybridized carbons (Fsp3) is 0.310. The summed E-state index contributed by atoms with van der Waals surface area (Å²) in [5.74, 6) is 0.671. The van der Waals surface area contributed by atoms with Crippen molar-refractivity contribution in [1.82, 2.24) is 10.2 Å². The predicted octanol–water partition coefficient (Wildman–Crippen LogP) is 6.78. The molecule has 0 aliphatic carbocycles. The van der Waals surface area contributed by atoms with Crippen LogP contribution in [0.15, 0.2) is 78.9 Å². The number of hydrogen-bond acceptors (Lipinski definition) is 3. The Balaban J connectivity index is 1.85. The molecule has 0 fully saturated rings. The molecule has 0 radical (unpaired) electrons. The van der Waals surface area contributed by atoms with E-state index in [4.69, 9.17) is 23.2 Å². The maximum atomic E-state index is 13.6. The maximum Gasteiger partial charge on any atom is 0.243 e. The van der Waals surface area contributed by atoms with Crippen LogP contribution in [0.3, 0.4) is 0 Å². The van der Waals surface area contributed by atoms with Gasteiger partial charge >= 0.3 is 0 Å². The summed E-state index contributed by atoms with van der Waals surface area (Å²) in [4.78, 5) is 28.9. The molecule has 7 heteroatoms. The van der Waals surface area contributed by atoms with Crippen molar-refractivity contribution >= 4 is 46.8 Å². The van der Waals surface area contributed by atoms with Gasteiger partial charge in [-0.2, -0.15) is 0 Å². The first-order valence-corrected chi connectivity index (χ1v) is 13.7. The highest BCUT2D eigenvalue weighted by atomic mass is 35.5. The van der Waals surface area contributed by atoms with Crippen molar-refractivity contribution in [2.45, 2.75) is 51.1 Å². The minimum atomic E-state index is -0.661. The molecular formula is C29H32Cl2N2O2S. The summed E-state index contributed by atoms with van der Waals surface area (Å²) in [6, 6.07) is 24.1. The van der Waals surface area contributed by atoms with E-state index in [2.05, 4.69) is 5.32 Å². The number of benzene rings is 3. The predicted molar refractivity (Wildman–Crippen MR) is 151 cm³/mol. The molecule has 2 amide bonds. The molecule has 190 valence electrons. The molecule has 0 aliphatic rings. The van der Waals surface area contributed by atoms with Crippen molar-refractivity contribution in [3.63, 3.8) is 0 Å². The molecule has 4 nitrogen and oxygen atoms in total. The van der Waals surface area contributed by atoms with E-state index in [0.717, 1.165) is 16.7 Å². The zero-order valence-corrected chi connectivity index (χ0v) is 23.2. The maximum absolute atomic E-state index is 13.6. The Morgan fingerprint density at radius 3 is 1.94 bits per heavy atom. The topological polar surface area (TPSA) is 49.4 Å². The average molecular weight is 544 g/mol. The van der Waals surface area contributed by atoms with Gasteiger partial charge in [-0.25, -0.2) is 0 Å². The van der Waals surface area contributed by atoms with E-state index in [1.807, 2.05) is 87.5 Å². The Bertz CT molecular complexity index is 1130. The highest BCUT2D eigenvalue weighted by molar-refractivity contribution is 7.99. The van der Waals surface area contributed by atoms with Crippen LogP contribution in [0.1, 0.15) is 37.5 Å². The molecule has 0 aliphatic heterocycles. The van der Waals surface area contributed by atoms with E-state index in [0.29, 0.717) is 28.8 Å². The van der Waals surface area contributed by atoms with Crippen LogP contribution in [-0.4, -0.2) is 34.0 Å². The lowest BCUT2D eigenvalue weighted by Crippen LogP contribution is -2.54. The fourth-order valence-electron chi connectivity index (χ4n) is 3.71. The van der Waals surface area contributed by atoms with Crippen molar-refractivity contribution in [3.05, 3.63) is 106 Å². The number of halogens is 2. The van der Waals surface area contributed by atoms with Gasteiger partial charge in [0, 0.05) is 34.3 Å². The number of carbonyl (C=O) groups is 2. The lowest BCUT2D eigenvalue weighted by molar-refractivity contribution is -0.140. The minimum Gasteiger partial charge on any atom is -0.350 e. The van der Waals surface area contributed by atoms with E-state index in [1.54, 1.807) is 17.0 Å². The lowest BCUT2D eigenvalue weighted by Gasteiger charge is -2.34. The van der Waals surface area contributed by atoms with Gasteiger partial charge in [0.2, 0.25) is 11.8 Å². The molecule has 0 saturated carbocycles. The smallest absolute Gasteiger partial charge is 0.243 e. The Morgan fingerprint density at radius 2 is 1.39 bits per heavy atom. The van der Waals surface area contributed by atoms with Gasteiger partial charge in [-0.1, -0.05) is 77.8 Å². The normalized spacial score (nSPS) is 12.1. The minimum absolute atomic E-state index is 0.0890. The monoisotopic (exact) mass is 542 g/mol. The van der Waals surface area contributed by atoms with Crippen LogP contribution in [-0.2, 0) is 28.3 Å². The van der Waals surface area contributed by atoms with E-state index < -0.39 is 11.6 Å². The molecule has 3 aromatic carbocycles. The zero-order valence-electron chi connectivity index (χ0n) is 20.8. The standard InChI is InChI=1S/C29H32Cl2N2O2S/c1-29(2,3)32-28(35)26(17-21-7-5-4-6-8-21)33(18-22-9-13-24(30)14-10-22)27(34)20-36-19-23-11-15-25(31)16-12-23/h4-16,26H,17-20H2,1-3H3,(H,32,35)/t26-/m0/s1. The van der Waals surface area contributed by atoms with Gasteiger partial charge < -0.3 is 10.2 Å². The number of carbonyl (C=O) groups excluding carboxylic acids is 2. The third-order valence-corrected chi connectivity index (χ3v) is 6.94. The molecule has 3 rings (SSSR count). The van der Waals surface area contributed by atoms with E-state index >= 15 is 0 Å². The number of thioether (sulfide) groups is 1. The summed E-state index contributed by atoms with van der Waals surface area (Å²) in [5, 5.41) is 4.39. The first kappa shape index (κ1) is 28.1. The van der Waals surface area contributed by atoms with Crippen LogP contribution in [0.25, 0.3) is 0 Å². The Labute approximate surface area is 228 Å². The molecule has 0 aromatic heterocycles. The summed E-state index contributed by atoms with van der Waals surface area (Å²) >= 11 is 13.6. The number of nitrogens with zero attached hydrogens (tertiary/aromatic N) is 1. The van der Waals surface area contributed by atoms with Gasteiger partial charge in [-0.3, -0.25) is 9.59 Å². The van der Waals surface area contributed by atoms with E-state index in [1.165, 1.54) is 11.8 Å². The van der Waals surface area contributed by atoms with Gasteiger partial charge in [0.05, 0.1) is 5.75 Å². The zero-order chi connectivity index (χ0) is 26.1. The van der Waals surface area contributed by atoms with Gasteiger partial charge in [-0.05, 0) is 61.7 Å². The molecule has 0 saturated heterocycles. The molecule has 3 aromatic rings. The fourth-order valence-corrected chi connectivity index (χ4v) is 4.84. The summed E-state index contributed by atoms with van der Waals surface area (Å²) in [7, 11) is 0. The number of rotatable bonds is 10. The Morgan fingerprint density at radius 1 is 0.833 bits per heavy atom. The summed E-state index contributed by atoms with van der Waals surface area (Å²) in [5.41, 5.74) is 2.57. The average Bonchev–Trinajstić information content (AvgIpc) is 2.83. The largest absolute Gasteiger partial charge is 0.350 e. The van der Waals surface area contributed by atoms with Crippen molar-refractivity contribution in [2.75, 3.05) is 5.75 Å². The lowest BCUT2D eigenvalue weighted by atomic mass is 10.0. The third-order valence-electron chi connectivity index (χ3n) is 5.44. The van der Waals surface area contributed by atoms with Crippen LogP contribution in [0, 0.1) is 0 Å². The quantitative estimate of drug-likeness (QED) is 0.307. The Kier molecular flexibility index (Phi) is 10.3. The van der Waals surface area contributed by atoms with E-state index in [-0.39, 0.29) is 17.6 Å². The summed E-state index contributed by atoms with van der Waals surface area (Å²) in [6.45, 7) is 6.14. The van der Waals surface area contributed by atoms with Crippen molar-refractivity contribution in [2.24, 2.45) is 0 Å². The Hall–Kier alpha value is -2.47. The highest BCUT2D eigenvalue weighted by Crippen LogP contribution is 2.21. The second-order valence-corrected chi connectivity index (χ2v) is 11.6. The number of hydrogen-bond donors (Lipinski definition) is 1. The molecular weight excluding hydrogens is 511 g/mol. The van der Waals surface area contributed by atoms with Crippen molar-refractivity contribution < 1.29 is 9.59 Å². The summed E-state index contributed by atoms with van der Waals surface area (Å²) in [6.07, 6.45) is 0.421. The van der Waals surface area contributed by atoms with E-state index in [9.17, 15) is 9.59 Å². The number of amides is 2. The first-order chi connectivity index (χ1) is 17.1. The molecule has 36 heavy (non-hydrogen) atoms. The van der Waals surface area contributed by atoms with Gasteiger partial charge in [0.25, 0.3) is 0 Å². The molecule has 1 N–H and O–H groups in total. The molecule has 0 bridgehead atoms. The van der Waals surface area contributed by atoms with Crippen LogP contribution < -0.4 is 5.32 Å². The highest BCUT2D eigenvalue weighted by Gasteiger charge is 2.32. The SMILES string of the molecule is CC(C)(C)NC(=O)[C@H](Cc1ccccc1)N(Cc1ccc(Cl)cc1)C(=O)CSCc1ccc(Cl)cc1. The van der Waals surface area contributed by atoms with Crippen LogP contribution in [0.4, 0.5) is 0 Å². The van der Waals surface area contributed by atoms with Gasteiger partial charge in [0.1, 0.15) is 6.04 Å². The van der Waals surface area contributed by atoms with Gasteiger partial charge in [-0.15, -0.1) is 11.8 Å². The van der Waals surface area contributed by atoms with Crippen LogP contribution in [0.5, 0.6) is 0 Å². The summed E-state index contributed by atoms with van der Waals surface area (Å²) < 4.78 is 0. The molecule has 0 spiro atoms. The third kappa shape index (κ3) is 9.20. The second kappa shape index (κ2) is 13.2. The second-order valence-electron chi connectivity index (χ2n) is 9.71. The molecule has 1 atom stereocenters. The number of nitrogens with one attached hydrogen (secondary N) is 1.